The largest absolute Gasteiger partial charge is 0.317 e. The smallest absolute Gasteiger partial charge is 0.271 e. The Kier molecular flexibility index (Phi) is 5.09. The molecule has 0 aliphatic heterocycles. The van der Waals surface area contributed by atoms with Crippen molar-refractivity contribution in [1.82, 2.24) is 15.0 Å². The SMILES string of the molecule is Cc1c(Br)c(/C=N\NC(=O)c2ccncc2)c(C)n1-c1ccccc1. The molecule has 1 N–H and O–H groups in total. The number of hydrogen-bond acceptors (Lipinski definition) is 3. The van der Waals surface area contributed by atoms with E-state index in [1.165, 1.54) is 0 Å². The summed E-state index contributed by atoms with van der Waals surface area (Å²) in [5.74, 6) is -0.272. The molecular weight excluding hydrogens is 380 g/mol. The molecule has 3 aromatic rings. The van der Waals surface area contributed by atoms with Crippen LogP contribution in [0.3, 0.4) is 0 Å². The lowest BCUT2D eigenvalue weighted by atomic mass is 10.2. The van der Waals surface area contributed by atoms with E-state index in [1.807, 2.05) is 32.0 Å². The molecule has 0 radical (unpaired) electrons. The van der Waals surface area contributed by atoms with Gasteiger partial charge in [0.15, 0.2) is 0 Å². The fourth-order valence-electron chi connectivity index (χ4n) is 2.66. The summed E-state index contributed by atoms with van der Waals surface area (Å²) < 4.78 is 3.10. The van der Waals surface area contributed by atoms with E-state index in [0.29, 0.717) is 5.56 Å². The van der Waals surface area contributed by atoms with Crippen molar-refractivity contribution in [2.75, 3.05) is 0 Å². The Bertz CT molecular complexity index is 918. The van der Waals surface area contributed by atoms with E-state index < -0.39 is 0 Å². The highest BCUT2D eigenvalue weighted by atomic mass is 79.9. The maximum absolute atomic E-state index is 12.0. The van der Waals surface area contributed by atoms with Crippen LogP contribution in [0.2, 0.25) is 0 Å². The molecule has 0 spiro atoms. The molecule has 0 saturated heterocycles. The van der Waals surface area contributed by atoms with Crippen LogP contribution in [0.1, 0.15) is 27.3 Å². The summed E-state index contributed by atoms with van der Waals surface area (Å²) >= 11 is 3.63. The van der Waals surface area contributed by atoms with E-state index in [9.17, 15) is 4.79 Å². The molecule has 25 heavy (non-hydrogen) atoms. The van der Waals surface area contributed by atoms with Crippen molar-refractivity contribution >= 4 is 28.1 Å². The van der Waals surface area contributed by atoms with Crippen molar-refractivity contribution in [3.63, 3.8) is 0 Å². The first kappa shape index (κ1) is 17.1. The van der Waals surface area contributed by atoms with Gasteiger partial charge in [0, 0.05) is 45.1 Å². The normalized spacial score (nSPS) is 11.0. The molecule has 0 fully saturated rings. The average molecular weight is 397 g/mol. The molecule has 6 heteroatoms. The zero-order valence-corrected chi connectivity index (χ0v) is 15.5. The van der Waals surface area contributed by atoms with Crippen molar-refractivity contribution in [2.24, 2.45) is 5.10 Å². The van der Waals surface area contributed by atoms with E-state index in [-0.39, 0.29) is 5.91 Å². The lowest BCUT2D eigenvalue weighted by Crippen LogP contribution is -2.17. The molecule has 0 unspecified atom stereocenters. The van der Waals surface area contributed by atoms with Gasteiger partial charge >= 0.3 is 0 Å². The topological polar surface area (TPSA) is 59.3 Å². The van der Waals surface area contributed by atoms with E-state index in [1.54, 1.807) is 30.7 Å². The minimum atomic E-state index is -0.272. The van der Waals surface area contributed by atoms with Crippen LogP contribution in [-0.2, 0) is 0 Å². The summed E-state index contributed by atoms with van der Waals surface area (Å²) in [5, 5.41) is 4.10. The number of rotatable bonds is 4. The Morgan fingerprint density at radius 1 is 1.12 bits per heavy atom. The van der Waals surface area contributed by atoms with Crippen LogP contribution in [0.5, 0.6) is 0 Å². The van der Waals surface area contributed by atoms with Gasteiger partial charge in [0.05, 0.1) is 6.21 Å². The third kappa shape index (κ3) is 3.53. The summed E-state index contributed by atoms with van der Waals surface area (Å²) in [4.78, 5) is 15.9. The molecular formula is C19H17BrN4O. The zero-order chi connectivity index (χ0) is 17.8. The number of aromatic nitrogens is 2. The summed E-state index contributed by atoms with van der Waals surface area (Å²) in [6.45, 7) is 4.06. The molecule has 0 aliphatic carbocycles. The number of carbonyl (C=O) groups excluding carboxylic acids is 1. The first-order valence-corrected chi connectivity index (χ1v) is 8.55. The highest BCUT2D eigenvalue weighted by Gasteiger charge is 2.15. The number of para-hydroxylation sites is 1. The van der Waals surface area contributed by atoms with Gasteiger partial charge in [-0.25, -0.2) is 5.43 Å². The molecule has 2 heterocycles. The highest BCUT2D eigenvalue weighted by Crippen LogP contribution is 2.29. The summed E-state index contributed by atoms with van der Waals surface area (Å²) in [5.41, 5.74) is 7.18. The van der Waals surface area contributed by atoms with Gasteiger partial charge in [0.25, 0.3) is 5.91 Å². The number of pyridine rings is 1. The van der Waals surface area contributed by atoms with Gasteiger partial charge in [-0.2, -0.15) is 5.10 Å². The monoisotopic (exact) mass is 396 g/mol. The number of benzene rings is 1. The maximum Gasteiger partial charge on any atom is 0.271 e. The predicted octanol–water partition coefficient (Wildman–Crippen LogP) is 4.02. The van der Waals surface area contributed by atoms with E-state index in [0.717, 1.165) is 27.1 Å². The van der Waals surface area contributed by atoms with Gasteiger partial charge in [-0.05, 0) is 54.0 Å². The van der Waals surface area contributed by atoms with Crippen molar-refractivity contribution in [1.29, 1.82) is 0 Å². The average Bonchev–Trinajstić information content (AvgIpc) is 2.86. The first-order chi connectivity index (χ1) is 12.1. The molecule has 3 rings (SSSR count). The number of hydrogen-bond donors (Lipinski definition) is 1. The number of amides is 1. The quantitative estimate of drug-likeness (QED) is 0.534. The molecule has 0 bridgehead atoms. The Morgan fingerprint density at radius 3 is 2.48 bits per heavy atom. The van der Waals surface area contributed by atoms with Gasteiger partial charge < -0.3 is 4.57 Å². The zero-order valence-electron chi connectivity index (χ0n) is 13.9. The maximum atomic E-state index is 12.0. The Hall–Kier alpha value is -2.73. The van der Waals surface area contributed by atoms with Gasteiger partial charge in [0.2, 0.25) is 0 Å². The van der Waals surface area contributed by atoms with Crippen LogP contribution < -0.4 is 5.43 Å². The Balaban J connectivity index is 1.85. The number of halogens is 1. The molecule has 0 atom stereocenters. The molecule has 1 aromatic carbocycles. The van der Waals surface area contributed by atoms with Gasteiger partial charge in [-0.3, -0.25) is 9.78 Å². The second kappa shape index (κ2) is 7.44. The fraction of sp³-hybridized carbons (Fsp3) is 0.105. The number of carbonyl (C=O) groups is 1. The first-order valence-electron chi connectivity index (χ1n) is 7.76. The Morgan fingerprint density at radius 2 is 1.80 bits per heavy atom. The fourth-order valence-corrected chi connectivity index (χ4v) is 3.23. The molecule has 2 aromatic heterocycles. The summed E-state index contributed by atoms with van der Waals surface area (Å²) in [7, 11) is 0. The molecule has 1 amide bonds. The molecule has 0 saturated carbocycles. The number of nitrogens with zero attached hydrogens (tertiary/aromatic N) is 3. The van der Waals surface area contributed by atoms with E-state index in [2.05, 4.69) is 48.1 Å². The van der Waals surface area contributed by atoms with Gasteiger partial charge in [0.1, 0.15) is 0 Å². The standard InChI is InChI=1S/C19H17BrN4O/c1-13-17(12-22-23-19(25)15-8-10-21-11-9-15)18(20)14(2)24(13)16-6-4-3-5-7-16/h3-12H,1-2H3,(H,23,25)/b22-12-. The van der Waals surface area contributed by atoms with Crippen molar-refractivity contribution < 1.29 is 4.79 Å². The van der Waals surface area contributed by atoms with Crippen molar-refractivity contribution in [3.8, 4) is 5.69 Å². The summed E-state index contributed by atoms with van der Waals surface area (Å²) in [6.07, 6.45) is 4.80. The Labute approximate surface area is 154 Å². The minimum Gasteiger partial charge on any atom is -0.317 e. The lowest BCUT2D eigenvalue weighted by Gasteiger charge is -2.08. The van der Waals surface area contributed by atoms with Crippen LogP contribution in [0.25, 0.3) is 5.69 Å². The van der Waals surface area contributed by atoms with Crippen LogP contribution in [-0.4, -0.2) is 21.7 Å². The lowest BCUT2D eigenvalue weighted by molar-refractivity contribution is 0.0955. The third-order valence-electron chi connectivity index (χ3n) is 3.93. The highest BCUT2D eigenvalue weighted by molar-refractivity contribution is 9.10. The van der Waals surface area contributed by atoms with Crippen LogP contribution in [0.4, 0.5) is 0 Å². The van der Waals surface area contributed by atoms with E-state index in [4.69, 9.17) is 0 Å². The second-order valence-corrected chi connectivity index (χ2v) is 6.30. The third-order valence-corrected chi connectivity index (χ3v) is 4.93. The van der Waals surface area contributed by atoms with Gasteiger partial charge in [-0.15, -0.1) is 0 Å². The molecule has 0 aliphatic rings. The van der Waals surface area contributed by atoms with E-state index >= 15 is 0 Å². The predicted molar refractivity (Wildman–Crippen MR) is 102 cm³/mol. The second-order valence-electron chi connectivity index (χ2n) is 5.50. The van der Waals surface area contributed by atoms with Gasteiger partial charge in [-0.1, -0.05) is 18.2 Å². The van der Waals surface area contributed by atoms with Crippen LogP contribution >= 0.6 is 15.9 Å². The number of hydrazone groups is 1. The van der Waals surface area contributed by atoms with Crippen LogP contribution in [0.15, 0.2) is 64.4 Å². The molecule has 5 nitrogen and oxygen atoms in total. The number of nitrogens with one attached hydrogen (secondary N) is 1. The molecule has 126 valence electrons. The minimum absolute atomic E-state index is 0.272. The van der Waals surface area contributed by atoms with Crippen LogP contribution in [0, 0.1) is 13.8 Å². The van der Waals surface area contributed by atoms with Crippen molar-refractivity contribution in [3.05, 3.63) is 81.8 Å². The summed E-state index contributed by atoms with van der Waals surface area (Å²) in [6, 6.07) is 13.4. The van der Waals surface area contributed by atoms with Crippen molar-refractivity contribution in [2.45, 2.75) is 13.8 Å².